The molecule has 0 fully saturated rings. The molecule has 1 aromatic heterocycles. The number of ketones is 1. The van der Waals surface area contributed by atoms with Crippen LogP contribution in [-0.4, -0.2) is 35.5 Å². The zero-order valence-corrected chi connectivity index (χ0v) is 13.8. The first kappa shape index (κ1) is 16.5. The van der Waals surface area contributed by atoms with Gasteiger partial charge in [-0.1, -0.05) is 12.1 Å². The predicted octanol–water partition coefficient (Wildman–Crippen LogP) is 2.01. The quantitative estimate of drug-likeness (QED) is 0.827. The first-order chi connectivity index (χ1) is 10.9. The maximum absolute atomic E-state index is 12.0. The molecule has 1 aromatic carbocycles. The summed E-state index contributed by atoms with van der Waals surface area (Å²) in [6.45, 7) is 1.85. The lowest BCUT2D eigenvalue weighted by Gasteiger charge is -2.13. The maximum Gasteiger partial charge on any atom is 0.319 e. The van der Waals surface area contributed by atoms with Crippen LogP contribution in [0.25, 0.3) is 0 Å². The van der Waals surface area contributed by atoms with E-state index in [2.05, 4.69) is 15.6 Å². The second kappa shape index (κ2) is 6.95. The largest absolute Gasteiger partial charge is 0.348 e. The zero-order valence-electron chi connectivity index (χ0n) is 13.8. The van der Waals surface area contributed by atoms with Crippen molar-refractivity contribution in [3.05, 3.63) is 41.7 Å². The van der Waals surface area contributed by atoms with Crippen LogP contribution in [0, 0.1) is 0 Å². The van der Waals surface area contributed by atoms with Gasteiger partial charge in [0.15, 0.2) is 5.78 Å². The smallest absolute Gasteiger partial charge is 0.319 e. The van der Waals surface area contributed by atoms with Crippen molar-refractivity contribution in [1.82, 2.24) is 14.9 Å². The number of aromatic nitrogens is 2. The van der Waals surface area contributed by atoms with Gasteiger partial charge in [0.1, 0.15) is 0 Å². The summed E-state index contributed by atoms with van der Waals surface area (Å²) in [5, 5.41) is 5.49. The summed E-state index contributed by atoms with van der Waals surface area (Å²) in [5.74, 6) is 0.775. The number of rotatable bonds is 5. The molecule has 1 heterocycles. The second-order valence-electron chi connectivity index (χ2n) is 5.45. The van der Waals surface area contributed by atoms with Crippen LogP contribution in [0.3, 0.4) is 0 Å². The summed E-state index contributed by atoms with van der Waals surface area (Å²) in [6, 6.07) is 6.50. The Bertz CT molecular complexity index is 721. The Hall–Kier alpha value is -2.83. The van der Waals surface area contributed by atoms with E-state index in [1.807, 2.05) is 30.6 Å². The summed E-state index contributed by atoms with van der Waals surface area (Å²) in [6.07, 6.45) is 1.73. The Morgan fingerprint density at radius 1 is 1.30 bits per heavy atom. The van der Waals surface area contributed by atoms with Crippen molar-refractivity contribution in [2.45, 2.75) is 13.5 Å². The molecule has 0 aliphatic heterocycles. The summed E-state index contributed by atoms with van der Waals surface area (Å²) >= 11 is 0. The monoisotopic (exact) mass is 315 g/mol. The molecule has 0 bridgehead atoms. The number of carbonyl (C=O) groups excluding carboxylic acids is 2. The van der Waals surface area contributed by atoms with E-state index in [9.17, 15) is 9.59 Å². The van der Waals surface area contributed by atoms with Gasteiger partial charge in [0.05, 0.1) is 18.4 Å². The fourth-order valence-corrected chi connectivity index (χ4v) is 2.18. The summed E-state index contributed by atoms with van der Waals surface area (Å²) in [5.41, 5.74) is 2.03. The van der Waals surface area contributed by atoms with Gasteiger partial charge in [0.2, 0.25) is 5.95 Å². The first-order valence-electron chi connectivity index (χ1n) is 7.22. The van der Waals surface area contributed by atoms with Crippen molar-refractivity contribution in [3.8, 4) is 0 Å². The fraction of sp³-hybridized carbons (Fsp3) is 0.312. The highest BCUT2D eigenvalue weighted by Crippen LogP contribution is 2.12. The van der Waals surface area contributed by atoms with Gasteiger partial charge in [-0.05, 0) is 19.1 Å². The topological polar surface area (TPSA) is 79.3 Å². The van der Waals surface area contributed by atoms with Crippen molar-refractivity contribution in [2.24, 2.45) is 7.05 Å². The number of carbonyl (C=O) groups is 2. The molecule has 2 aromatic rings. The third kappa shape index (κ3) is 4.09. The molecule has 2 rings (SSSR count). The van der Waals surface area contributed by atoms with E-state index >= 15 is 0 Å². The van der Waals surface area contributed by atoms with Crippen LogP contribution in [0.1, 0.15) is 23.0 Å². The molecule has 23 heavy (non-hydrogen) atoms. The Labute approximate surface area is 135 Å². The van der Waals surface area contributed by atoms with Crippen molar-refractivity contribution in [3.63, 3.8) is 0 Å². The average molecular weight is 315 g/mol. The SMILES string of the molecule is CC(=O)c1cccc(NC(=O)NCc2cnc(N(C)C)n2C)c1. The number of Topliss-reactive ketones (excluding diaryl/α,β-unsaturated/α-hetero) is 1. The highest BCUT2D eigenvalue weighted by atomic mass is 16.2. The van der Waals surface area contributed by atoms with Gasteiger partial charge in [-0.3, -0.25) is 4.79 Å². The first-order valence-corrected chi connectivity index (χ1v) is 7.22. The number of nitrogens with zero attached hydrogens (tertiary/aromatic N) is 3. The van der Waals surface area contributed by atoms with Crippen LogP contribution >= 0.6 is 0 Å². The van der Waals surface area contributed by atoms with Crippen molar-refractivity contribution in [1.29, 1.82) is 0 Å². The molecule has 0 atom stereocenters. The lowest BCUT2D eigenvalue weighted by Crippen LogP contribution is -2.29. The molecular formula is C16H21N5O2. The minimum atomic E-state index is -0.335. The minimum Gasteiger partial charge on any atom is -0.348 e. The molecule has 0 aliphatic carbocycles. The second-order valence-corrected chi connectivity index (χ2v) is 5.45. The number of anilines is 2. The van der Waals surface area contributed by atoms with Crippen molar-refractivity contribution in [2.75, 3.05) is 24.3 Å². The lowest BCUT2D eigenvalue weighted by molar-refractivity contribution is 0.101. The van der Waals surface area contributed by atoms with E-state index in [4.69, 9.17) is 0 Å². The molecule has 0 saturated heterocycles. The Morgan fingerprint density at radius 3 is 2.65 bits per heavy atom. The van der Waals surface area contributed by atoms with Crippen LogP contribution in [0.4, 0.5) is 16.4 Å². The summed E-state index contributed by atoms with van der Waals surface area (Å²) in [7, 11) is 5.72. The van der Waals surface area contributed by atoms with Gasteiger partial charge in [-0.15, -0.1) is 0 Å². The van der Waals surface area contributed by atoms with Crippen LogP contribution in [0.2, 0.25) is 0 Å². The number of hydrogen-bond acceptors (Lipinski definition) is 4. The Morgan fingerprint density at radius 2 is 2.04 bits per heavy atom. The highest BCUT2D eigenvalue weighted by Gasteiger charge is 2.09. The zero-order chi connectivity index (χ0) is 17.0. The van der Waals surface area contributed by atoms with Gasteiger partial charge < -0.3 is 20.1 Å². The van der Waals surface area contributed by atoms with Crippen LogP contribution < -0.4 is 15.5 Å². The standard InChI is InChI=1S/C16H21N5O2/c1-11(22)12-6-5-7-13(8-12)19-15(23)17-9-14-10-18-16(20(2)3)21(14)4/h5-8,10H,9H2,1-4H3,(H2,17,19,23). The molecule has 0 saturated carbocycles. The van der Waals surface area contributed by atoms with E-state index in [1.54, 1.807) is 30.5 Å². The van der Waals surface area contributed by atoms with Gasteiger partial charge in [0.25, 0.3) is 0 Å². The van der Waals surface area contributed by atoms with Crippen molar-refractivity contribution >= 4 is 23.5 Å². The van der Waals surface area contributed by atoms with Crippen LogP contribution in [0.5, 0.6) is 0 Å². The maximum atomic E-state index is 12.0. The lowest BCUT2D eigenvalue weighted by atomic mass is 10.1. The molecule has 0 spiro atoms. The molecule has 0 aliphatic rings. The van der Waals surface area contributed by atoms with E-state index in [-0.39, 0.29) is 11.8 Å². The molecular weight excluding hydrogens is 294 g/mol. The number of nitrogens with one attached hydrogen (secondary N) is 2. The molecule has 0 unspecified atom stereocenters. The van der Waals surface area contributed by atoms with E-state index in [0.717, 1.165) is 11.6 Å². The van der Waals surface area contributed by atoms with E-state index in [0.29, 0.717) is 17.8 Å². The molecule has 2 amide bonds. The molecule has 7 heteroatoms. The van der Waals surface area contributed by atoms with Gasteiger partial charge >= 0.3 is 6.03 Å². The van der Waals surface area contributed by atoms with Crippen molar-refractivity contribution < 1.29 is 9.59 Å². The fourth-order valence-electron chi connectivity index (χ4n) is 2.18. The molecule has 7 nitrogen and oxygen atoms in total. The van der Waals surface area contributed by atoms with Gasteiger partial charge in [-0.25, -0.2) is 9.78 Å². The number of imidazole rings is 1. The molecule has 0 radical (unpaired) electrons. The summed E-state index contributed by atoms with van der Waals surface area (Å²) < 4.78 is 1.91. The summed E-state index contributed by atoms with van der Waals surface area (Å²) in [4.78, 5) is 29.5. The number of hydrogen-bond donors (Lipinski definition) is 2. The van der Waals surface area contributed by atoms with Gasteiger partial charge in [-0.2, -0.15) is 0 Å². The van der Waals surface area contributed by atoms with Gasteiger partial charge in [0, 0.05) is 32.4 Å². The molecule has 122 valence electrons. The van der Waals surface area contributed by atoms with E-state index < -0.39 is 0 Å². The molecule has 2 N–H and O–H groups in total. The Kier molecular flexibility index (Phi) is 5.00. The predicted molar refractivity (Wildman–Crippen MR) is 89.8 cm³/mol. The Balaban J connectivity index is 1.95. The number of amides is 2. The highest BCUT2D eigenvalue weighted by molar-refractivity contribution is 5.96. The average Bonchev–Trinajstić information content (AvgIpc) is 2.86. The third-order valence-corrected chi connectivity index (χ3v) is 3.42. The number of benzene rings is 1. The van der Waals surface area contributed by atoms with Crippen LogP contribution in [0.15, 0.2) is 30.5 Å². The minimum absolute atomic E-state index is 0.0415. The number of urea groups is 1. The third-order valence-electron chi connectivity index (χ3n) is 3.42. The van der Waals surface area contributed by atoms with E-state index in [1.165, 1.54) is 6.92 Å². The normalized spacial score (nSPS) is 10.3. The van der Waals surface area contributed by atoms with Crippen LogP contribution in [-0.2, 0) is 13.6 Å².